The van der Waals surface area contributed by atoms with Gasteiger partial charge in [-0.1, -0.05) is 38.1 Å². The Morgan fingerprint density at radius 3 is 1.13 bits per heavy atom. The van der Waals surface area contributed by atoms with Crippen LogP contribution in [0.1, 0.15) is 45.7 Å². The van der Waals surface area contributed by atoms with Crippen LogP contribution < -0.4 is 0 Å². The third kappa shape index (κ3) is 7.20. The monoisotopic (exact) mass is 364 g/mol. The van der Waals surface area contributed by atoms with Crippen molar-refractivity contribution < 1.29 is 39.3 Å². The molecule has 2 N–H and O–H groups in total. The van der Waals surface area contributed by atoms with Crippen molar-refractivity contribution in [3.63, 3.8) is 0 Å². The van der Waals surface area contributed by atoms with Crippen LogP contribution in [0.5, 0.6) is 0 Å². The third-order valence-electron chi connectivity index (χ3n) is 3.22. The Bertz CT molecular complexity index is 561. The van der Waals surface area contributed by atoms with Crippen molar-refractivity contribution in [1.82, 2.24) is 0 Å². The Morgan fingerprint density at radius 1 is 0.696 bits per heavy atom. The third-order valence-corrected chi connectivity index (χ3v) is 3.22. The summed E-state index contributed by atoms with van der Waals surface area (Å²) in [6, 6.07) is 13.9. The average Bonchev–Trinajstić information content (AvgIpc) is 2.55. The zero-order chi connectivity index (χ0) is 16.5. The number of rotatable bonds is 4. The summed E-state index contributed by atoms with van der Waals surface area (Å²) in [5, 5.41) is 17.1. The summed E-state index contributed by atoms with van der Waals surface area (Å²) in [6.45, 7) is 4.07. The minimum Gasteiger partial charge on any atom is -0.478 e. The van der Waals surface area contributed by atoms with Gasteiger partial charge in [-0.05, 0) is 48.2 Å². The molecule has 0 radical (unpaired) electrons. The number of carbonyl (C=O) groups is 2. The van der Waals surface area contributed by atoms with E-state index in [1.54, 1.807) is 24.3 Å². The van der Waals surface area contributed by atoms with Crippen LogP contribution >= 0.6 is 0 Å². The summed E-state index contributed by atoms with van der Waals surface area (Å²) in [5.41, 5.74) is 3.02. The Morgan fingerprint density at radius 2 is 0.957 bits per heavy atom. The molecule has 118 valence electrons. The molecule has 0 aliphatic heterocycles. The van der Waals surface area contributed by atoms with E-state index in [1.807, 2.05) is 38.1 Å². The molecule has 4 nitrogen and oxygen atoms in total. The molecule has 2 rings (SSSR count). The van der Waals surface area contributed by atoms with Gasteiger partial charge in [0, 0.05) is 19.5 Å². The van der Waals surface area contributed by atoms with Crippen LogP contribution in [-0.4, -0.2) is 22.2 Å². The summed E-state index contributed by atoms with van der Waals surface area (Å²) < 4.78 is 0. The Kier molecular flexibility index (Phi) is 9.76. The maximum atomic E-state index is 10.4. The SMILES string of the molecule is CCc1ccc(C(=O)O)cc1.CCc1ccc(C(=O)O)cc1.[Zn]. The first kappa shape index (κ1) is 21.0. The Hall–Kier alpha value is -2.00. The van der Waals surface area contributed by atoms with Gasteiger partial charge in [0.1, 0.15) is 0 Å². The summed E-state index contributed by atoms with van der Waals surface area (Å²) in [5.74, 6) is -1.74. The topological polar surface area (TPSA) is 74.6 Å². The van der Waals surface area contributed by atoms with Crippen molar-refractivity contribution in [3.8, 4) is 0 Å². The van der Waals surface area contributed by atoms with Gasteiger partial charge in [-0.25, -0.2) is 9.59 Å². The zero-order valence-electron chi connectivity index (χ0n) is 13.5. The van der Waals surface area contributed by atoms with E-state index < -0.39 is 11.9 Å². The number of carboxylic acids is 2. The van der Waals surface area contributed by atoms with E-state index in [1.165, 1.54) is 0 Å². The standard InChI is InChI=1S/2C9H10O2.Zn/c2*1-2-7-3-5-8(6-4-7)9(10)11;/h2*3-6H,2H2,1H3,(H,10,11);. The van der Waals surface area contributed by atoms with Gasteiger partial charge in [-0.2, -0.15) is 0 Å². The van der Waals surface area contributed by atoms with Crippen LogP contribution in [0.25, 0.3) is 0 Å². The van der Waals surface area contributed by atoms with Crippen LogP contribution in [0.2, 0.25) is 0 Å². The first-order valence-corrected chi connectivity index (χ1v) is 7.12. The molecule has 0 fully saturated rings. The second-order valence-electron chi connectivity index (χ2n) is 4.71. The van der Waals surface area contributed by atoms with Crippen LogP contribution in [0.3, 0.4) is 0 Å². The summed E-state index contributed by atoms with van der Waals surface area (Å²) in [4.78, 5) is 20.8. The second-order valence-corrected chi connectivity index (χ2v) is 4.71. The molecule has 0 atom stereocenters. The first-order valence-electron chi connectivity index (χ1n) is 7.12. The van der Waals surface area contributed by atoms with Gasteiger partial charge in [-0.3, -0.25) is 0 Å². The molecule has 0 spiro atoms. The van der Waals surface area contributed by atoms with Crippen LogP contribution in [-0.2, 0) is 32.3 Å². The fourth-order valence-corrected chi connectivity index (χ4v) is 1.77. The minimum atomic E-state index is -0.868. The molecule has 0 aliphatic carbocycles. The zero-order valence-corrected chi connectivity index (χ0v) is 16.4. The Labute approximate surface area is 148 Å². The van der Waals surface area contributed by atoms with E-state index >= 15 is 0 Å². The van der Waals surface area contributed by atoms with Crippen LogP contribution in [0.4, 0.5) is 0 Å². The second kappa shape index (κ2) is 10.7. The molecule has 0 saturated carbocycles. The van der Waals surface area contributed by atoms with Crippen LogP contribution in [0, 0.1) is 0 Å². The molecule has 2 aromatic carbocycles. The number of benzene rings is 2. The van der Waals surface area contributed by atoms with Gasteiger partial charge in [0.2, 0.25) is 0 Å². The van der Waals surface area contributed by atoms with E-state index in [9.17, 15) is 9.59 Å². The molecule has 0 unspecified atom stereocenters. The summed E-state index contributed by atoms with van der Waals surface area (Å²) in [6.07, 6.45) is 1.89. The number of hydrogen-bond acceptors (Lipinski definition) is 2. The van der Waals surface area contributed by atoms with E-state index in [2.05, 4.69) is 0 Å². The molecule has 0 amide bonds. The largest absolute Gasteiger partial charge is 0.478 e. The Balaban J connectivity index is 0.000000403. The molecule has 23 heavy (non-hydrogen) atoms. The van der Waals surface area contributed by atoms with E-state index in [0.29, 0.717) is 11.1 Å². The molecule has 0 bridgehead atoms. The van der Waals surface area contributed by atoms with Gasteiger partial charge >= 0.3 is 11.9 Å². The van der Waals surface area contributed by atoms with Gasteiger partial charge in [0.15, 0.2) is 0 Å². The predicted molar refractivity (Wildman–Crippen MR) is 85.6 cm³/mol. The summed E-state index contributed by atoms with van der Waals surface area (Å²) >= 11 is 0. The van der Waals surface area contributed by atoms with Crippen molar-refractivity contribution in [2.75, 3.05) is 0 Å². The molecular formula is C18H20O4Zn. The quantitative estimate of drug-likeness (QED) is 0.806. The fourth-order valence-electron chi connectivity index (χ4n) is 1.77. The number of carboxylic acid groups (broad SMARTS) is 2. The van der Waals surface area contributed by atoms with Gasteiger partial charge in [0.25, 0.3) is 0 Å². The molecular weight excluding hydrogens is 346 g/mol. The normalized spacial score (nSPS) is 9.13. The smallest absolute Gasteiger partial charge is 0.335 e. The average molecular weight is 366 g/mol. The van der Waals surface area contributed by atoms with Crippen molar-refractivity contribution in [1.29, 1.82) is 0 Å². The van der Waals surface area contributed by atoms with Crippen molar-refractivity contribution in [3.05, 3.63) is 70.8 Å². The molecule has 0 saturated heterocycles. The molecule has 0 aromatic heterocycles. The number of aromatic carboxylic acids is 2. The minimum absolute atomic E-state index is 0. The van der Waals surface area contributed by atoms with E-state index in [4.69, 9.17) is 10.2 Å². The van der Waals surface area contributed by atoms with Gasteiger partial charge in [-0.15, -0.1) is 0 Å². The van der Waals surface area contributed by atoms with E-state index in [0.717, 1.165) is 24.0 Å². The fraction of sp³-hybridized carbons (Fsp3) is 0.222. The molecule has 2 aromatic rings. The maximum Gasteiger partial charge on any atom is 0.335 e. The van der Waals surface area contributed by atoms with E-state index in [-0.39, 0.29) is 19.5 Å². The number of aryl methyl sites for hydroxylation is 2. The van der Waals surface area contributed by atoms with Crippen molar-refractivity contribution >= 4 is 11.9 Å². The van der Waals surface area contributed by atoms with Crippen LogP contribution in [0.15, 0.2) is 48.5 Å². The predicted octanol–water partition coefficient (Wildman–Crippen LogP) is 3.89. The summed E-state index contributed by atoms with van der Waals surface area (Å²) in [7, 11) is 0. The van der Waals surface area contributed by atoms with Gasteiger partial charge in [0.05, 0.1) is 11.1 Å². The number of hydrogen-bond donors (Lipinski definition) is 2. The molecule has 0 aliphatic rings. The maximum absolute atomic E-state index is 10.4. The molecule has 5 heteroatoms. The first-order chi connectivity index (χ1) is 10.5. The molecule has 0 heterocycles. The van der Waals surface area contributed by atoms with Crippen molar-refractivity contribution in [2.45, 2.75) is 26.7 Å². The van der Waals surface area contributed by atoms with Gasteiger partial charge < -0.3 is 10.2 Å². The van der Waals surface area contributed by atoms with Crippen molar-refractivity contribution in [2.24, 2.45) is 0 Å².